The molecular formula is C13H16N2O3S. The second-order valence-electron chi connectivity index (χ2n) is 5.12. The monoisotopic (exact) mass is 280 g/mol. The van der Waals surface area contributed by atoms with E-state index in [2.05, 4.69) is 10.0 Å². The van der Waals surface area contributed by atoms with Crippen molar-refractivity contribution in [3.63, 3.8) is 0 Å². The van der Waals surface area contributed by atoms with Crippen molar-refractivity contribution in [3.05, 3.63) is 35.4 Å². The van der Waals surface area contributed by atoms with Crippen LogP contribution in [0.5, 0.6) is 0 Å². The van der Waals surface area contributed by atoms with Crippen LogP contribution in [0.1, 0.15) is 24.0 Å². The van der Waals surface area contributed by atoms with Crippen LogP contribution in [0.3, 0.4) is 0 Å². The van der Waals surface area contributed by atoms with Crippen LogP contribution in [0, 0.1) is 0 Å². The van der Waals surface area contributed by atoms with E-state index < -0.39 is 22.0 Å². The largest absolute Gasteiger partial charge is 0.301 e. The summed E-state index contributed by atoms with van der Waals surface area (Å²) in [6.45, 7) is 0.595. The Morgan fingerprint density at radius 3 is 2.58 bits per heavy atom. The number of carbonyl (C=O) groups excluding carboxylic acids is 1. The maximum absolute atomic E-state index is 12.0. The van der Waals surface area contributed by atoms with E-state index in [0.717, 1.165) is 11.1 Å². The molecule has 1 aliphatic heterocycles. The molecule has 2 aliphatic rings. The number of hydrogen-bond donors (Lipinski definition) is 2. The molecule has 6 heteroatoms. The molecule has 0 aromatic heterocycles. The highest BCUT2D eigenvalue weighted by Gasteiger charge is 2.38. The number of fused-ring (bicyclic) bond motifs is 1. The molecule has 1 atom stereocenters. The van der Waals surface area contributed by atoms with E-state index in [1.807, 2.05) is 24.3 Å². The number of amides is 1. The highest BCUT2D eigenvalue weighted by atomic mass is 32.2. The van der Waals surface area contributed by atoms with Crippen LogP contribution in [-0.2, 0) is 27.8 Å². The zero-order chi connectivity index (χ0) is 13.5. The van der Waals surface area contributed by atoms with Crippen molar-refractivity contribution in [1.29, 1.82) is 0 Å². The molecule has 1 fully saturated rings. The second kappa shape index (κ2) is 4.61. The predicted octanol–water partition coefficient (Wildman–Crippen LogP) is 0.309. The Hall–Kier alpha value is -1.40. The Bertz CT molecular complexity index is 608. The van der Waals surface area contributed by atoms with Gasteiger partial charge in [-0.15, -0.1) is 0 Å². The zero-order valence-corrected chi connectivity index (χ0v) is 11.2. The summed E-state index contributed by atoms with van der Waals surface area (Å²) >= 11 is 0. The van der Waals surface area contributed by atoms with Gasteiger partial charge in [0.1, 0.15) is 0 Å². The Labute approximate surface area is 112 Å². The first-order valence-electron chi connectivity index (χ1n) is 6.42. The minimum atomic E-state index is -3.45. The summed E-state index contributed by atoms with van der Waals surface area (Å²) in [6.07, 6.45) is 1.84. The van der Waals surface area contributed by atoms with Gasteiger partial charge in [0, 0.05) is 6.54 Å². The van der Waals surface area contributed by atoms with Gasteiger partial charge in [-0.1, -0.05) is 24.3 Å². The van der Waals surface area contributed by atoms with Crippen LogP contribution < -0.4 is 10.0 Å². The minimum Gasteiger partial charge on any atom is -0.301 e. The van der Waals surface area contributed by atoms with E-state index in [9.17, 15) is 13.2 Å². The van der Waals surface area contributed by atoms with Gasteiger partial charge in [0.15, 0.2) is 0 Å². The molecule has 5 nitrogen and oxygen atoms in total. The molecule has 0 saturated heterocycles. The standard InChI is InChI=1S/C13H16N2O3S/c16-13(15-19(17,18)11-5-6-11)12-7-9-3-1-2-4-10(9)8-14-12/h1-4,11-12,14H,5-8H2,(H,15,16). The lowest BCUT2D eigenvalue weighted by atomic mass is 9.96. The normalized spacial score (nSPS) is 22.6. The summed E-state index contributed by atoms with van der Waals surface area (Å²) in [5, 5.41) is 2.71. The quantitative estimate of drug-likeness (QED) is 0.835. The van der Waals surface area contributed by atoms with Crippen molar-refractivity contribution in [2.24, 2.45) is 0 Å². The third kappa shape index (κ3) is 2.64. The van der Waals surface area contributed by atoms with Gasteiger partial charge in [-0.25, -0.2) is 8.42 Å². The third-order valence-electron chi connectivity index (χ3n) is 3.60. The molecule has 1 aromatic carbocycles. The smallest absolute Gasteiger partial charge is 0.250 e. The van der Waals surface area contributed by atoms with Crippen LogP contribution in [0.25, 0.3) is 0 Å². The van der Waals surface area contributed by atoms with Crippen LogP contribution in [0.2, 0.25) is 0 Å². The average molecular weight is 280 g/mol. The van der Waals surface area contributed by atoms with Crippen LogP contribution >= 0.6 is 0 Å². The molecule has 0 bridgehead atoms. The van der Waals surface area contributed by atoms with Gasteiger partial charge >= 0.3 is 0 Å². The van der Waals surface area contributed by atoms with Crippen LogP contribution in [0.4, 0.5) is 0 Å². The molecule has 1 aliphatic carbocycles. The van der Waals surface area contributed by atoms with Crippen molar-refractivity contribution in [2.45, 2.75) is 37.1 Å². The third-order valence-corrected chi connectivity index (χ3v) is 5.44. The summed E-state index contributed by atoms with van der Waals surface area (Å²) in [5.41, 5.74) is 2.27. The molecule has 1 amide bonds. The van der Waals surface area contributed by atoms with Gasteiger partial charge in [-0.2, -0.15) is 0 Å². The van der Waals surface area contributed by atoms with Crippen molar-refractivity contribution in [2.75, 3.05) is 0 Å². The minimum absolute atomic E-state index is 0.368. The van der Waals surface area contributed by atoms with Crippen LogP contribution in [0.15, 0.2) is 24.3 Å². The highest BCUT2D eigenvalue weighted by molar-refractivity contribution is 7.90. The number of rotatable bonds is 3. The van der Waals surface area contributed by atoms with Crippen molar-refractivity contribution < 1.29 is 13.2 Å². The fourth-order valence-corrected chi connectivity index (χ4v) is 3.66. The van der Waals surface area contributed by atoms with E-state index in [1.54, 1.807) is 0 Å². The van der Waals surface area contributed by atoms with E-state index >= 15 is 0 Å². The maximum atomic E-state index is 12.0. The highest BCUT2D eigenvalue weighted by Crippen LogP contribution is 2.27. The molecule has 0 radical (unpaired) electrons. The Kier molecular flexibility index (Phi) is 3.06. The maximum Gasteiger partial charge on any atom is 0.250 e. The summed E-state index contributed by atoms with van der Waals surface area (Å²) in [7, 11) is -3.45. The number of sulfonamides is 1. The lowest BCUT2D eigenvalue weighted by Crippen LogP contribution is -2.49. The van der Waals surface area contributed by atoms with E-state index in [0.29, 0.717) is 25.8 Å². The van der Waals surface area contributed by atoms with Gasteiger partial charge in [-0.05, 0) is 30.4 Å². The molecule has 0 spiro atoms. The molecule has 102 valence electrons. The topological polar surface area (TPSA) is 75.3 Å². The lowest BCUT2D eigenvalue weighted by Gasteiger charge is -2.25. The molecule has 1 unspecified atom stereocenters. The summed E-state index contributed by atoms with van der Waals surface area (Å²) < 4.78 is 25.7. The summed E-state index contributed by atoms with van der Waals surface area (Å²) in [4.78, 5) is 12.0. The van der Waals surface area contributed by atoms with Gasteiger partial charge in [0.05, 0.1) is 11.3 Å². The molecular weight excluding hydrogens is 264 g/mol. The average Bonchev–Trinajstić information content (AvgIpc) is 3.22. The van der Waals surface area contributed by atoms with Crippen molar-refractivity contribution in [3.8, 4) is 0 Å². The first kappa shape index (κ1) is 12.6. The Morgan fingerprint density at radius 2 is 1.89 bits per heavy atom. The second-order valence-corrected chi connectivity index (χ2v) is 7.08. The molecule has 3 rings (SSSR count). The number of nitrogens with one attached hydrogen (secondary N) is 2. The fraction of sp³-hybridized carbons (Fsp3) is 0.462. The lowest BCUT2D eigenvalue weighted by molar-refractivity contribution is -0.121. The fourth-order valence-electron chi connectivity index (χ4n) is 2.31. The number of benzene rings is 1. The zero-order valence-electron chi connectivity index (χ0n) is 10.4. The van der Waals surface area contributed by atoms with Gasteiger partial charge in [-0.3, -0.25) is 9.52 Å². The van der Waals surface area contributed by atoms with Gasteiger partial charge < -0.3 is 5.32 Å². The number of carbonyl (C=O) groups is 1. The summed E-state index contributed by atoms with van der Waals surface area (Å²) in [5.74, 6) is -0.443. The predicted molar refractivity (Wildman–Crippen MR) is 70.9 cm³/mol. The molecule has 2 N–H and O–H groups in total. The SMILES string of the molecule is O=C(NS(=O)(=O)C1CC1)C1Cc2ccccc2CN1. The summed E-state index contributed by atoms with van der Waals surface area (Å²) in [6, 6.07) is 7.41. The molecule has 19 heavy (non-hydrogen) atoms. The molecule has 1 aromatic rings. The van der Waals surface area contributed by atoms with E-state index in [-0.39, 0.29) is 5.25 Å². The van der Waals surface area contributed by atoms with E-state index in [4.69, 9.17) is 0 Å². The van der Waals surface area contributed by atoms with Crippen molar-refractivity contribution in [1.82, 2.24) is 10.0 Å². The first-order valence-corrected chi connectivity index (χ1v) is 7.96. The van der Waals surface area contributed by atoms with Crippen molar-refractivity contribution >= 4 is 15.9 Å². The van der Waals surface area contributed by atoms with Gasteiger partial charge in [0.25, 0.3) is 5.91 Å². The van der Waals surface area contributed by atoms with Crippen LogP contribution in [-0.4, -0.2) is 25.6 Å². The Balaban J connectivity index is 1.69. The van der Waals surface area contributed by atoms with E-state index in [1.165, 1.54) is 0 Å². The van der Waals surface area contributed by atoms with Gasteiger partial charge in [0.2, 0.25) is 10.0 Å². The molecule has 1 heterocycles. The number of hydrogen-bond acceptors (Lipinski definition) is 4. The molecule has 1 saturated carbocycles. The first-order chi connectivity index (χ1) is 9.06. The Morgan fingerprint density at radius 1 is 1.21 bits per heavy atom.